The number of aryl methyl sites for hydroxylation is 1. The van der Waals surface area contributed by atoms with Crippen molar-refractivity contribution in [3.8, 4) is 5.75 Å². The minimum absolute atomic E-state index is 0.0745. The number of hydrogen-bond donors (Lipinski definition) is 5. The number of Topliss-reactive ketones (excluding diaryl/α,β-unsaturated/α-hetero) is 1. The molecule has 0 aliphatic carbocycles. The second-order valence-corrected chi connectivity index (χ2v) is 7.76. The molecule has 0 bridgehead atoms. The first kappa shape index (κ1) is 23.3. The maximum atomic E-state index is 12.5. The third kappa shape index (κ3) is 5.12. The molecule has 1 unspecified atom stereocenters. The van der Waals surface area contributed by atoms with Gasteiger partial charge in [0.1, 0.15) is 47.3 Å². The molecule has 0 saturated carbocycles. The molecule has 3 rings (SSSR count). The molecule has 1 fully saturated rings. The molecule has 10 nitrogen and oxygen atoms in total. The van der Waals surface area contributed by atoms with Crippen LogP contribution >= 0.6 is 0 Å². The van der Waals surface area contributed by atoms with Crippen molar-refractivity contribution in [1.29, 1.82) is 0 Å². The second kappa shape index (κ2) is 9.43. The van der Waals surface area contributed by atoms with E-state index in [2.05, 4.69) is 0 Å². The van der Waals surface area contributed by atoms with Crippen molar-refractivity contribution in [3.05, 3.63) is 39.7 Å². The van der Waals surface area contributed by atoms with Gasteiger partial charge < -0.3 is 39.4 Å². The first-order valence-corrected chi connectivity index (χ1v) is 9.85. The van der Waals surface area contributed by atoms with Crippen LogP contribution in [-0.4, -0.2) is 74.7 Å². The molecule has 0 radical (unpaired) electrons. The third-order valence-corrected chi connectivity index (χ3v) is 5.02. The van der Waals surface area contributed by atoms with E-state index < -0.39 is 43.4 Å². The normalized spacial score (nSPS) is 27.3. The van der Waals surface area contributed by atoms with E-state index in [-0.39, 0.29) is 40.8 Å². The predicted octanol–water partition coefficient (Wildman–Crippen LogP) is -0.837. The van der Waals surface area contributed by atoms with Crippen molar-refractivity contribution >= 4 is 16.8 Å². The topological polar surface area (TPSA) is 167 Å². The molecular formula is C21H26O10. The number of benzene rings is 1. The average molecular weight is 438 g/mol. The summed E-state index contributed by atoms with van der Waals surface area (Å²) in [7, 11) is 0. The summed E-state index contributed by atoms with van der Waals surface area (Å²) < 4.78 is 16.6. The lowest BCUT2D eigenvalue weighted by molar-refractivity contribution is -0.277. The number of ether oxygens (including phenoxy) is 2. The van der Waals surface area contributed by atoms with Gasteiger partial charge in [-0.15, -0.1) is 0 Å². The van der Waals surface area contributed by atoms with Crippen LogP contribution in [0, 0.1) is 6.92 Å². The standard InChI is InChI=1S/C21H26O10/c1-9(23)3-12(24)5-11-6-13(7-15-17(11)14(25)4-10(2)29-15)30-21-20(28)19(27)18(26)16(8-22)31-21/h4,6-7,9,16,18-23,26-28H,3,5,8H2,1-2H3/t9?,16-,18-,19+,20-,21-/m1/s1. The molecule has 31 heavy (non-hydrogen) atoms. The fourth-order valence-electron chi connectivity index (χ4n) is 3.59. The van der Waals surface area contributed by atoms with Gasteiger partial charge in [-0.25, -0.2) is 0 Å². The van der Waals surface area contributed by atoms with E-state index in [0.717, 1.165) is 0 Å². The van der Waals surface area contributed by atoms with Gasteiger partial charge in [-0.1, -0.05) is 0 Å². The smallest absolute Gasteiger partial charge is 0.229 e. The zero-order valence-corrected chi connectivity index (χ0v) is 17.1. The number of fused-ring (bicyclic) bond motifs is 1. The summed E-state index contributed by atoms with van der Waals surface area (Å²) >= 11 is 0. The molecule has 1 aromatic heterocycles. The van der Waals surface area contributed by atoms with Gasteiger partial charge in [0.05, 0.1) is 18.1 Å². The molecule has 10 heteroatoms. The van der Waals surface area contributed by atoms with Gasteiger partial charge in [-0.2, -0.15) is 0 Å². The highest BCUT2D eigenvalue weighted by Crippen LogP contribution is 2.29. The Labute approximate surface area is 177 Å². The minimum Gasteiger partial charge on any atom is -0.462 e. The summed E-state index contributed by atoms with van der Waals surface area (Å²) in [6, 6.07) is 4.09. The Balaban J connectivity index is 1.99. The van der Waals surface area contributed by atoms with E-state index in [0.29, 0.717) is 11.3 Å². The molecule has 1 aliphatic heterocycles. The van der Waals surface area contributed by atoms with Crippen LogP contribution in [0.15, 0.2) is 27.4 Å². The zero-order valence-electron chi connectivity index (χ0n) is 17.1. The number of aliphatic hydroxyl groups excluding tert-OH is 5. The van der Waals surface area contributed by atoms with Crippen LogP contribution in [0.25, 0.3) is 11.0 Å². The van der Waals surface area contributed by atoms with Crippen molar-refractivity contribution in [2.24, 2.45) is 0 Å². The maximum Gasteiger partial charge on any atom is 0.229 e. The average Bonchev–Trinajstić information content (AvgIpc) is 2.67. The van der Waals surface area contributed by atoms with Crippen LogP contribution in [0.4, 0.5) is 0 Å². The van der Waals surface area contributed by atoms with Crippen LogP contribution in [0.2, 0.25) is 0 Å². The van der Waals surface area contributed by atoms with E-state index in [4.69, 9.17) is 13.9 Å². The maximum absolute atomic E-state index is 12.5. The van der Waals surface area contributed by atoms with Crippen molar-refractivity contribution in [2.75, 3.05) is 6.61 Å². The number of rotatable bonds is 7. The van der Waals surface area contributed by atoms with Crippen LogP contribution < -0.4 is 10.2 Å². The molecule has 0 spiro atoms. The largest absolute Gasteiger partial charge is 0.462 e. The van der Waals surface area contributed by atoms with Gasteiger partial charge in [0.25, 0.3) is 0 Å². The van der Waals surface area contributed by atoms with E-state index in [1.165, 1.54) is 25.1 Å². The fourth-order valence-corrected chi connectivity index (χ4v) is 3.59. The highest BCUT2D eigenvalue weighted by molar-refractivity contribution is 5.89. The van der Waals surface area contributed by atoms with Crippen molar-refractivity contribution < 1.29 is 44.2 Å². The summed E-state index contributed by atoms with van der Waals surface area (Å²) in [6.45, 7) is 2.45. The summed E-state index contributed by atoms with van der Waals surface area (Å²) in [5.41, 5.74) is 0.0985. The molecule has 2 heterocycles. The lowest BCUT2D eigenvalue weighted by Crippen LogP contribution is -2.60. The molecule has 1 saturated heterocycles. The molecule has 1 aromatic carbocycles. The first-order chi connectivity index (χ1) is 14.6. The van der Waals surface area contributed by atoms with Crippen molar-refractivity contribution in [3.63, 3.8) is 0 Å². The monoisotopic (exact) mass is 438 g/mol. The number of ketones is 1. The van der Waals surface area contributed by atoms with Crippen LogP contribution in [0.5, 0.6) is 5.75 Å². The van der Waals surface area contributed by atoms with E-state index in [1.54, 1.807) is 6.92 Å². The number of aliphatic hydroxyl groups is 5. The molecular weight excluding hydrogens is 412 g/mol. The Morgan fingerprint density at radius 3 is 2.52 bits per heavy atom. The molecule has 2 aromatic rings. The summed E-state index contributed by atoms with van der Waals surface area (Å²) in [5.74, 6) is 0.107. The lowest BCUT2D eigenvalue weighted by atomic mass is 9.99. The SMILES string of the molecule is Cc1cc(=O)c2c(CC(=O)CC(C)O)cc(O[C@@H]3O[C@H](CO)[C@@H](O)[C@H](O)[C@H]3O)cc2o1. The Kier molecular flexibility index (Phi) is 7.10. The number of hydrogen-bond acceptors (Lipinski definition) is 10. The van der Waals surface area contributed by atoms with Gasteiger partial charge in [-0.3, -0.25) is 9.59 Å². The Morgan fingerprint density at radius 2 is 1.87 bits per heavy atom. The van der Waals surface area contributed by atoms with Crippen LogP contribution in [0.1, 0.15) is 24.7 Å². The van der Waals surface area contributed by atoms with Gasteiger partial charge >= 0.3 is 0 Å². The highest BCUT2D eigenvalue weighted by Gasteiger charge is 2.44. The zero-order chi connectivity index (χ0) is 22.9. The summed E-state index contributed by atoms with van der Waals surface area (Å²) in [6.07, 6.45) is -8.49. The lowest BCUT2D eigenvalue weighted by Gasteiger charge is -2.39. The molecule has 0 amide bonds. The third-order valence-electron chi connectivity index (χ3n) is 5.02. The van der Waals surface area contributed by atoms with E-state index in [9.17, 15) is 35.1 Å². The van der Waals surface area contributed by atoms with Gasteiger partial charge in [0.15, 0.2) is 5.43 Å². The quantitative estimate of drug-likeness (QED) is 0.368. The van der Waals surface area contributed by atoms with Crippen LogP contribution in [0.3, 0.4) is 0 Å². The molecule has 1 aliphatic rings. The number of carbonyl (C=O) groups is 1. The predicted molar refractivity (Wildman–Crippen MR) is 107 cm³/mol. The molecule has 5 N–H and O–H groups in total. The Morgan fingerprint density at radius 1 is 1.16 bits per heavy atom. The Bertz CT molecular complexity index is 996. The first-order valence-electron chi connectivity index (χ1n) is 9.85. The minimum atomic E-state index is -1.63. The van der Waals surface area contributed by atoms with E-state index >= 15 is 0 Å². The Hall–Kier alpha value is -2.34. The van der Waals surface area contributed by atoms with Crippen molar-refractivity contribution in [2.45, 2.75) is 63.5 Å². The van der Waals surface area contributed by atoms with Gasteiger partial charge in [-0.05, 0) is 25.5 Å². The number of carbonyl (C=O) groups excluding carboxylic acids is 1. The molecule has 6 atom stereocenters. The summed E-state index contributed by atoms with van der Waals surface area (Å²) in [5, 5.41) is 49.0. The highest BCUT2D eigenvalue weighted by atomic mass is 16.7. The van der Waals surface area contributed by atoms with Gasteiger partial charge in [0.2, 0.25) is 6.29 Å². The van der Waals surface area contributed by atoms with E-state index in [1.807, 2.05) is 0 Å². The fraction of sp³-hybridized carbons (Fsp3) is 0.524. The summed E-state index contributed by atoms with van der Waals surface area (Å²) in [4.78, 5) is 24.8. The van der Waals surface area contributed by atoms with Gasteiger partial charge in [0, 0.05) is 25.0 Å². The van der Waals surface area contributed by atoms with Crippen LogP contribution in [-0.2, 0) is 16.0 Å². The van der Waals surface area contributed by atoms with Crippen molar-refractivity contribution in [1.82, 2.24) is 0 Å². The molecule has 170 valence electrons. The second-order valence-electron chi connectivity index (χ2n) is 7.76.